The summed E-state index contributed by atoms with van der Waals surface area (Å²) >= 11 is 0. The molecule has 1 unspecified atom stereocenters. The predicted octanol–water partition coefficient (Wildman–Crippen LogP) is 0.697. The molecule has 0 saturated carbocycles. The summed E-state index contributed by atoms with van der Waals surface area (Å²) in [5.41, 5.74) is 0.885. The van der Waals surface area contributed by atoms with E-state index in [1.54, 1.807) is 0 Å². The first-order valence-corrected chi connectivity index (χ1v) is 7.89. The van der Waals surface area contributed by atoms with E-state index in [9.17, 15) is 8.42 Å². The van der Waals surface area contributed by atoms with Gasteiger partial charge in [-0.2, -0.15) is 17.4 Å². The van der Waals surface area contributed by atoms with Crippen molar-refractivity contribution in [2.45, 2.75) is 26.8 Å². The van der Waals surface area contributed by atoms with E-state index in [1.165, 1.54) is 4.31 Å². The lowest BCUT2D eigenvalue weighted by atomic mass is 10.1. The largest absolute Gasteiger partial charge is 0.466 e. The van der Waals surface area contributed by atoms with Crippen LogP contribution in [-0.4, -0.2) is 38.9 Å². The molecular weight excluding hydrogens is 266 g/mol. The summed E-state index contributed by atoms with van der Waals surface area (Å²) in [5, 5.41) is 3.14. The second-order valence-corrected chi connectivity index (χ2v) is 6.56. The number of rotatable bonds is 4. The van der Waals surface area contributed by atoms with E-state index in [-0.39, 0.29) is 6.04 Å². The summed E-state index contributed by atoms with van der Waals surface area (Å²) in [5.74, 6) is 1.55. The van der Waals surface area contributed by atoms with Gasteiger partial charge >= 0.3 is 0 Å². The minimum atomic E-state index is -3.44. The zero-order chi connectivity index (χ0) is 14.0. The Morgan fingerprint density at radius 1 is 1.37 bits per heavy atom. The third-order valence-electron chi connectivity index (χ3n) is 3.29. The van der Waals surface area contributed by atoms with Crippen LogP contribution in [0.15, 0.2) is 10.5 Å². The van der Waals surface area contributed by atoms with Crippen molar-refractivity contribution < 1.29 is 12.8 Å². The molecule has 1 aromatic rings. The average molecular weight is 287 g/mol. The van der Waals surface area contributed by atoms with E-state index in [4.69, 9.17) is 4.42 Å². The lowest BCUT2D eigenvalue weighted by molar-refractivity contribution is 0.352. The van der Waals surface area contributed by atoms with Crippen LogP contribution in [0.25, 0.3) is 0 Å². The SMILES string of the molecule is Cc1cc(C(C)NS(=O)(=O)N2CCNCC2)c(C)o1. The molecule has 1 aliphatic rings. The molecule has 7 heteroatoms. The van der Waals surface area contributed by atoms with Gasteiger partial charge in [0.05, 0.1) is 0 Å². The molecule has 2 heterocycles. The fraction of sp³-hybridized carbons (Fsp3) is 0.667. The average Bonchev–Trinajstić information content (AvgIpc) is 2.69. The summed E-state index contributed by atoms with van der Waals surface area (Å²) in [6, 6.07) is 1.58. The van der Waals surface area contributed by atoms with Crippen molar-refractivity contribution in [1.29, 1.82) is 0 Å². The Morgan fingerprint density at radius 2 is 2.00 bits per heavy atom. The number of hydrogen-bond acceptors (Lipinski definition) is 4. The number of furan rings is 1. The van der Waals surface area contributed by atoms with Crippen LogP contribution in [0.1, 0.15) is 30.0 Å². The highest BCUT2D eigenvalue weighted by Gasteiger charge is 2.26. The molecule has 1 aromatic heterocycles. The summed E-state index contributed by atoms with van der Waals surface area (Å²) in [6.07, 6.45) is 0. The number of hydrogen-bond donors (Lipinski definition) is 2. The first-order chi connectivity index (χ1) is 8.90. The molecule has 1 fully saturated rings. The molecular formula is C12H21N3O3S. The lowest BCUT2D eigenvalue weighted by Gasteiger charge is -2.28. The minimum absolute atomic E-state index is 0.294. The van der Waals surface area contributed by atoms with E-state index < -0.39 is 10.2 Å². The van der Waals surface area contributed by atoms with Crippen molar-refractivity contribution in [2.75, 3.05) is 26.2 Å². The molecule has 108 valence electrons. The van der Waals surface area contributed by atoms with Crippen LogP contribution in [-0.2, 0) is 10.2 Å². The minimum Gasteiger partial charge on any atom is -0.466 e. The molecule has 1 saturated heterocycles. The van der Waals surface area contributed by atoms with Crippen LogP contribution in [0.4, 0.5) is 0 Å². The molecule has 2 rings (SSSR count). The molecule has 0 bridgehead atoms. The van der Waals surface area contributed by atoms with E-state index >= 15 is 0 Å². The number of aryl methyl sites for hydroxylation is 2. The van der Waals surface area contributed by atoms with E-state index in [0.29, 0.717) is 26.2 Å². The molecule has 0 aliphatic carbocycles. The highest BCUT2D eigenvalue weighted by atomic mass is 32.2. The maximum atomic E-state index is 12.2. The van der Waals surface area contributed by atoms with Crippen molar-refractivity contribution in [1.82, 2.24) is 14.3 Å². The van der Waals surface area contributed by atoms with Crippen molar-refractivity contribution in [3.05, 3.63) is 23.2 Å². The predicted molar refractivity (Wildman–Crippen MR) is 73.1 cm³/mol. The van der Waals surface area contributed by atoms with Gasteiger partial charge in [0.1, 0.15) is 11.5 Å². The summed E-state index contributed by atoms with van der Waals surface area (Å²) in [7, 11) is -3.44. The van der Waals surface area contributed by atoms with Gasteiger partial charge in [-0.3, -0.25) is 0 Å². The zero-order valence-corrected chi connectivity index (χ0v) is 12.4. The third-order valence-corrected chi connectivity index (χ3v) is 4.98. The third kappa shape index (κ3) is 3.36. The Balaban J connectivity index is 2.09. The zero-order valence-electron chi connectivity index (χ0n) is 11.6. The normalized spacial score (nSPS) is 19.5. The summed E-state index contributed by atoms with van der Waals surface area (Å²) < 4.78 is 34.1. The molecule has 0 radical (unpaired) electrons. The van der Waals surface area contributed by atoms with Gasteiger partial charge in [-0.1, -0.05) is 0 Å². The van der Waals surface area contributed by atoms with Crippen LogP contribution in [0.2, 0.25) is 0 Å². The van der Waals surface area contributed by atoms with Crippen LogP contribution >= 0.6 is 0 Å². The topological polar surface area (TPSA) is 74.6 Å². The smallest absolute Gasteiger partial charge is 0.280 e. The van der Waals surface area contributed by atoms with E-state index in [0.717, 1.165) is 17.1 Å². The highest BCUT2D eigenvalue weighted by molar-refractivity contribution is 7.87. The maximum absolute atomic E-state index is 12.2. The van der Waals surface area contributed by atoms with Crippen molar-refractivity contribution in [2.24, 2.45) is 0 Å². The lowest BCUT2D eigenvalue weighted by Crippen LogP contribution is -2.50. The fourth-order valence-corrected chi connectivity index (χ4v) is 3.71. The van der Waals surface area contributed by atoms with Gasteiger partial charge in [0.25, 0.3) is 10.2 Å². The Labute approximate surface area is 114 Å². The van der Waals surface area contributed by atoms with E-state index in [2.05, 4.69) is 10.0 Å². The van der Waals surface area contributed by atoms with Crippen LogP contribution in [0.3, 0.4) is 0 Å². The molecule has 0 spiro atoms. The number of nitrogens with one attached hydrogen (secondary N) is 2. The Hall–Kier alpha value is -0.890. The maximum Gasteiger partial charge on any atom is 0.280 e. The van der Waals surface area contributed by atoms with E-state index in [1.807, 2.05) is 26.8 Å². The van der Waals surface area contributed by atoms with Gasteiger partial charge in [0, 0.05) is 37.8 Å². The highest BCUT2D eigenvalue weighted by Crippen LogP contribution is 2.22. The first kappa shape index (κ1) is 14.5. The van der Waals surface area contributed by atoms with Gasteiger partial charge < -0.3 is 9.73 Å². The summed E-state index contributed by atoms with van der Waals surface area (Å²) in [4.78, 5) is 0. The fourth-order valence-electron chi connectivity index (χ4n) is 2.33. The second kappa shape index (κ2) is 5.62. The molecule has 6 nitrogen and oxygen atoms in total. The van der Waals surface area contributed by atoms with Crippen LogP contribution < -0.4 is 10.0 Å². The Morgan fingerprint density at radius 3 is 2.53 bits per heavy atom. The Bertz CT molecular complexity index is 532. The monoisotopic (exact) mass is 287 g/mol. The van der Waals surface area contributed by atoms with Crippen molar-refractivity contribution >= 4 is 10.2 Å². The van der Waals surface area contributed by atoms with Gasteiger partial charge in [-0.05, 0) is 26.8 Å². The number of nitrogens with zero attached hydrogens (tertiary/aromatic N) is 1. The molecule has 0 aromatic carbocycles. The summed E-state index contributed by atoms with van der Waals surface area (Å²) in [6.45, 7) is 7.93. The standard InChI is InChI=1S/C12H21N3O3S/c1-9-8-12(11(3)18-9)10(2)14-19(16,17)15-6-4-13-5-7-15/h8,10,13-14H,4-7H2,1-3H3. The number of piperazine rings is 1. The molecule has 1 atom stereocenters. The molecule has 0 amide bonds. The van der Waals surface area contributed by atoms with Crippen molar-refractivity contribution in [3.8, 4) is 0 Å². The van der Waals surface area contributed by atoms with Gasteiger partial charge in [0.2, 0.25) is 0 Å². The van der Waals surface area contributed by atoms with Gasteiger partial charge in [0.15, 0.2) is 0 Å². The molecule has 2 N–H and O–H groups in total. The quantitative estimate of drug-likeness (QED) is 0.855. The van der Waals surface area contributed by atoms with Gasteiger partial charge in [-0.25, -0.2) is 0 Å². The van der Waals surface area contributed by atoms with Crippen LogP contribution in [0.5, 0.6) is 0 Å². The molecule has 1 aliphatic heterocycles. The molecule has 19 heavy (non-hydrogen) atoms. The van der Waals surface area contributed by atoms with Crippen LogP contribution in [0, 0.1) is 13.8 Å². The Kier molecular flexibility index (Phi) is 4.29. The van der Waals surface area contributed by atoms with Gasteiger partial charge in [-0.15, -0.1) is 0 Å². The second-order valence-electron chi connectivity index (χ2n) is 4.86. The first-order valence-electron chi connectivity index (χ1n) is 6.45. The van der Waals surface area contributed by atoms with Crippen molar-refractivity contribution in [3.63, 3.8) is 0 Å².